The lowest BCUT2D eigenvalue weighted by Crippen LogP contribution is -2.24. The van der Waals surface area contributed by atoms with Crippen molar-refractivity contribution in [2.24, 2.45) is 17.1 Å². The van der Waals surface area contributed by atoms with E-state index >= 15 is 0 Å². The van der Waals surface area contributed by atoms with Crippen LogP contribution >= 0.6 is 15.9 Å². The number of halogens is 3. The van der Waals surface area contributed by atoms with Gasteiger partial charge in [0.2, 0.25) is 0 Å². The smallest absolute Gasteiger partial charge is 0.145 e. The van der Waals surface area contributed by atoms with Crippen LogP contribution in [0.1, 0.15) is 45.7 Å². The van der Waals surface area contributed by atoms with Crippen molar-refractivity contribution in [2.75, 3.05) is 0 Å². The second-order valence-electron chi connectivity index (χ2n) is 5.87. The normalized spacial score (nSPS) is 15.6. The molecular weight excluding hydrogens is 300 g/mol. The Balaban J connectivity index is 2.98. The van der Waals surface area contributed by atoms with Crippen LogP contribution in [0.3, 0.4) is 0 Å². The summed E-state index contributed by atoms with van der Waals surface area (Å²) in [4.78, 5) is 0. The van der Waals surface area contributed by atoms with Crippen molar-refractivity contribution in [3.8, 4) is 0 Å². The zero-order valence-corrected chi connectivity index (χ0v) is 12.8. The molecule has 0 bridgehead atoms. The van der Waals surface area contributed by atoms with Crippen molar-refractivity contribution in [1.82, 2.24) is 0 Å². The molecule has 0 radical (unpaired) electrons. The Hall–Kier alpha value is -0.480. The molecule has 0 spiro atoms. The molecule has 2 unspecified atom stereocenters. The van der Waals surface area contributed by atoms with E-state index < -0.39 is 17.7 Å². The van der Waals surface area contributed by atoms with E-state index in [1.165, 1.54) is 12.1 Å². The third kappa shape index (κ3) is 3.51. The van der Waals surface area contributed by atoms with Crippen LogP contribution in [0.15, 0.2) is 16.6 Å². The van der Waals surface area contributed by atoms with Gasteiger partial charge < -0.3 is 5.73 Å². The molecule has 2 N–H and O–H groups in total. The van der Waals surface area contributed by atoms with Gasteiger partial charge in [-0.3, -0.25) is 0 Å². The van der Waals surface area contributed by atoms with E-state index in [2.05, 4.69) is 36.7 Å². The molecule has 0 saturated heterocycles. The van der Waals surface area contributed by atoms with Gasteiger partial charge in [-0.15, -0.1) is 0 Å². The van der Waals surface area contributed by atoms with Crippen molar-refractivity contribution < 1.29 is 8.78 Å². The molecule has 2 atom stereocenters. The molecule has 1 aromatic rings. The lowest BCUT2D eigenvalue weighted by atomic mass is 9.77. The molecule has 1 aromatic carbocycles. The third-order valence-corrected chi connectivity index (χ3v) is 4.15. The highest BCUT2D eigenvalue weighted by Crippen LogP contribution is 2.34. The first-order valence-corrected chi connectivity index (χ1v) is 6.83. The van der Waals surface area contributed by atoms with Crippen molar-refractivity contribution in [1.29, 1.82) is 0 Å². The van der Waals surface area contributed by atoms with Gasteiger partial charge >= 0.3 is 0 Å². The monoisotopic (exact) mass is 319 g/mol. The van der Waals surface area contributed by atoms with E-state index in [0.717, 1.165) is 0 Å². The molecule has 0 aliphatic heterocycles. The maximum atomic E-state index is 13.9. The van der Waals surface area contributed by atoms with Crippen LogP contribution in [-0.4, -0.2) is 0 Å². The SMILES string of the molecule is CC(CC(N)c1c(F)ccc(Br)c1F)C(C)(C)C. The summed E-state index contributed by atoms with van der Waals surface area (Å²) >= 11 is 3.06. The van der Waals surface area contributed by atoms with Gasteiger partial charge in [0.25, 0.3) is 0 Å². The number of hydrogen-bond donors (Lipinski definition) is 1. The van der Waals surface area contributed by atoms with Crippen molar-refractivity contribution in [3.63, 3.8) is 0 Å². The Morgan fingerprint density at radius 1 is 1.28 bits per heavy atom. The summed E-state index contributed by atoms with van der Waals surface area (Å²) in [7, 11) is 0. The molecule has 0 aromatic heterocycles. The maximum absolute atomic E-state index is 13.9. The van der Waals surface area contributed by atoms with E-state index in [0.29, 0.717) is 6.42 Å². The highest BCUT2D eigenvalue weighted by Gasteiger charge is 2.26. The first-order chi connectivity index (χ1) is 8.14. The second-order valence-corrected chi connectivity index (χ2v) is 6.72. The first-order valence-electron chi connectivity index (χ1n) is 6.03. The summed E-state index contributed by atoms with van der Waals surface area (Å²) in [6, 6.07) is 1.97. The molecular formula is C14H20BrF2N. The van der Waals surface area contributed by atoms with Gasteiger partial charge in [-0.1, -0.05) is 27.7 Å². The average Bonchev–Trinajstić information content (AvgIpc) is 2.22. The lowest BCUT2D eigenvalue weighted by molar-refractivity contribution is 0.231. The summed E-state index contributed by atoms with van der Waals surface area (Å²) in [5.74, 6) is -0.904. The summed E-state index contributed by atoms with van der Waals surface area (Å²) in [5.41, 5.74) is 6.00. The Labute approximate surface area is 116 Å². The van der Waals surface area contributed by atoms with Gasteiger partial charge in [0.1, 0.15) is 11.6 Å². The van der Waals surface area contributed by atoms with Crippen molar-refractivity contribution in [3.05, 3.63) is 33.8 Å². The Bertz CT molecular complexity index is 427. The van der Waals surface area contributed by atoms with Crippen molar-refractivity contribution in [2.45, 2.75) is 40.2 Å². The van der Waals surface area contributed by atoms with E-state index in [1.807, 2.05) is 6.92 Å². The molecule has 1 rings (SSSR count). The predicted molar refractivity (Wildman–Crippen MR) is 74.2 cm³/mol. The van der Waals surface area contributed by atoms with Crippen LogP contribution < -0.4 is 5.73 Å². The second kappa shape index (κ2) is 5.66. The molecule has 0 aliphatic rings. The largest absolute Gasteiger partial charge is 0.324 e. The zero-order chi connectivity index (χ0) is 14.1. The van der Waals surface area contributed by atoms with Crippen molar-refractivity contribution >= 4 is 15.9 Å². The van der Waals surface area contributed by atoms with Crippen LogP contribution in [0.2, 0.25) is 0 Å². The highest BCUT2D eigenvalue weighted by molar-refractivity contribution is 9.10. The molecule has 0 amide bonds. The third-order valence-electron chi connectivity index (χ3n) is 3.54. The van der Waals surface area contributed by atoms with Crippen LogP contribution in [0, 0.1) is 23.0 Å². The standard InChI is InChI=1S/C14H20BrF2N/c1-8(14(2,3)4)7-11(18)12-10(16)6-5-9(15)13(12)17/h5-6,8,11H,7,18H2,1-4H3. The number of hydrogen-bond acceptors (Lipinski definition) is 1. The molecule has 102 valence electrons. The molecule has 0 aliphatic carbocycles. The summed E-state index contributed by atoms with van der Waals surface area (Å²) < 4.78 is 27.8. The van der Waals surface area contributed by atoms with Gasteiger partial charge in [0.15, 0.2) is 0 Å². The number of benzene rings is 1. The Morgan fingerprint density at radius 3 is 2.33 bits per heavy atom. The van der Waals surface area contributed by atoms with Gasteiger partial charge in [0.05, 0.1) is 4.47 Å². The zero-order valence-electron chi connectivity index (χ0n) is 11.2. The molecule has 0 fully saturated rings. The van der Waals surface area contributed by atoms with Crippen LogP contribution in [-0.2, 0) is 0 Å². The summed E-state index contributed by atoms with van der Waals surface area (Å²) in [6.45, 7) is 8.34. The fourth-order valence-electron chi connectivity index (χ4n) is 1.73. The van der Waals surface area contributed by atoms with E-state index in [-0.39, 0.29) is 21.4 Å². The number of nitrogens with two attached hydrogens (primary N) is 1. The van der Waals surface area contributed by atoms with E-state index in [4.69, 9.17) is 5.73 Å². The minimum absolute atomic E-state index is 0.0273. The van der Waals surface area contributed by atoms with Crippen LogP contribution in [0.5, 0.6) is 0 Å². The quantitative estimate of drug-likeness (QED) is 0.796. The molecule has 4 heteroatoms. The topological polar surface area (TPSA) is 26.0 Å². The first kappa shape index (κ1) is 15.6. The van der Waals surface area contributed by atoms with Gasteiger partial charge in [0, 0.05) is 11.6 Å². The van der Waals surface area contributed by atoms with Crippen LogP contribution in [0.25, 0.3) is 0 Å². The van der Waals surface area contributed by atoms with Gasteiger partial charge in [-0.05, 0) is 45.8 Å². The molecule has 1 nitrogen and oxygen atoms in total. The average molecular weight is 320 g/mol. The van der Waals surface area contributed by atoms with Gasteiger partial charge in [-0.2, -0.15) is 0 Å². The predicted octanol–water partition coefficient (Wildman–Crippen LogP) is 4.80. The molecule has 0 saturated carbocycles. The molecule has 18 heavy (non-hydrogen) atoms. The minimum atomic E-state index is -0.628. The fraction of sp³-hybridized carbons (Fsp3) is 0.571. The highest BCUT2D eigenvalue weighted by atomic mass is 79.9. The molecule has 0 heterocycles. The maximum Gasteiger partial charge on any atom is 0.145 e. The van der Waals surface area contributed by atoms with E-state index in [1.54, 1.807) is 0 Å². The minimum Gasteiger partial charge on any atom is -0.324 e. The summed E-state index contributed by atoms with van der Waals surface area (Å²) in [6.07, 6.45) is 0.549. The van der Waals surface area contributed by atoms with Gasteiger partial charge in [-0.25, -0.2) is 8.78 Å². The van der Waals surface area contributed by atoms with E-state index in [9.17, 15) is 8.78 Å². The number of rotatable bonds is 3. The summed E-state index contributed by atoms with van der Waals surface area (Å²) in [5, 5.41) is 0. The lowest BCUT2D eigenvalue weighted by Gasteiger charge is -2.29. The Morgan fingerprint density at radius 2 is 1.83 bits per heavy atom. The van der Waals surface area contributed by atoms with Crippen LogP contribution in [0.4, 0.5) is 8.78 Å². The fourth-order valence-corrected chi connectivity index (χ4v) is 2.08. The Kier molecular flexibility index (Phi) is 4.90.